The Bertz CT molecular complexity index is 991. The number of carbonyl (C=O) groups excluding carboxylic acids is 1. The van der Waals surface area contributed by atoms with E-state index in [9.17, 15) is 9.59 Å². The molecule has 7 nitrogen and oxygen atoms in total. The van der Waals surface area contributed by atoms with Crippen LogP contribution in [-0.4, -0.2) is 33.3 Å². The number of nitrogens with one attached hydrogen (secondary N) is 2. The van der Waals surface area contributed by atoms with Crippen LogP contribution in [0.4, 0.5) is 5.69 Å². The summed E-state index contributed by atoms with van der Waals surface area (Å²) in [6.45, 7) is 7.67. The molecule has 0 aromatic carbocycles. The molecule has 0 saturated heterocycles. The van der Waals surface area contributed by atoms with Crippen molar-refractivity contribution in [2.45, 2.75) is 46.2 Å². The maximum atomic E-state index is 12.7. The number of nitrogens with zero attached hydrogens (tertiary/aromatic N) is 3. The van der Waals surface area contributed by atoms with E-state index in [-0.39, 0.29) is 11.5 Å². The zero-order valence-electron chi connectivity index (χ0n) is 17.6. The molecule has 2 bridgehead atoms. The van der Waals surface area contributed by atoms with E-state index >= 15 is 0 Å². The second-order valence-corrected chi connectivity index (χ2v) is 9.90. The number of halogens is 1. The third kappa shape index (κ3) is 3.77. The van der Waals surface area contributed by atoms with Gasteiger partial charge in [-0.05, 0) is 64.1 Å². The molecule has 5 rings (SSSR count). The number of pyridine rings is 1. The lowest BCUT2D eigenvalue weighted by molar-refractivity contribution is -0.105. The van der Waals surface area contributed by atoms with Gasteiger partial charge < -0.3 is 10.6 Å². The van der Waals surface area contributed by atoms with Gasteiger partial charge in [0.25, 0.3) is 11.5 Å². The molecule has 3 aliphatic carbocycles. The maximum absolute atomic E-state index is 12.7. The van der Waals surface area contributed by atoms with E-state index in [1.807, 2.05) is 0 Å². The fourth-order valence-electron chi connectivity index (χ4n) is 5.14. The van der Waals surface area contributed by atoms with E-state index in [0.717, 1.165) is 23.9 Å². The molecule has 3 saturated carbocycles. The molecule has 0 radical (unpaired) electrons. The number of anilines is 1. The average molecular weight is 474 g/mol. The van der Waals surface area contributed by atoms with Crippen LogP contribution < -0.4 is 16.2 Å². The number of hydrogen-bond acceptors (Lipinski definition) is 5. The van der Waals surface area contributed by atoms with Crippen LogP contribution in [0.2, 0.25) is 0 Å². The van der Waals surface area contributed by atoms with Crippen LogP contribution in [0.1, 0.15) is 44.0 Å². The molecule has 3 fully saturated rings. The summed E-state index contributed by atoms with van der Waals surface area (Å²) in [7, 11) is 0. The summed E-state index contributed by atoms with van der Waals surface area (Å²) in [5.74, 6) is 1.80. The van der Waals surface area contributed by atoms with Gasteiger partial charge in [-0.3, -0.25) is 14.6 Å². The van der Waals surface area contributed by atoms with Gasteiger partial charge in [0, 0.05) is 25.0 Å². The highest BCUT2D eigenvalue weighted by molar-refractivity contribution is 9.10. The summed E-state index contributed by atoms with van der Waals surface area (Å²) < 4.78 is 1.85. The second kappa shape index (κ2) is 8.13. The number of fused-ring (bicyclic) bond motifs is 2. The minimum absolute atomic E-state index is 0.204. The molecule has 0 unspecified atom stereocenters. The van der Waals surface area contributed by atoms with Gasteiger partial charge in [-0.15, -0.1) is 0 Å². The molecule has 3 aliphatic rings. The van der Waals surface area contributed by atoms with E-state index in [1.54, 1.807) is 24.5 Å². The normalized spacial score (nSPS) is 26.5. The van der Waals surface area contributed by atoms with E-state index in [4.69, 9.17) is 0 Å². The first kappa shape index (κ1) is 21.0. The lowest BCUT2D eigenvalue weighted by Gasteiger charge is -2.62. The van der Waals surface area contributed by atoms with Gasteiger partial charge in [-0.2, -0.15) is 5.10 Å². The van der Waals surface area contributed by atoms with Crippen LogP contribution in [0.3, 0.4) is 0 Å². The van der Waals surface area contributed by atoms with Gasteiger partial charge in [0.2, 0.25) is 0 Å². The van der Waals surface area contributed by atoms with E-state index in [0.29, 0.717) is 40.5 Å². The molecule has 4 atom stereocenters. The van der Waals surface area contributed by atoms with Gasteiger partial charge in [0.1, 0.15) is 4.47 Å². The number of rotatable bonds is 6. The Balaban J connectivity index is 1.37. The number of aromatic nitrogens is 3. The van der Waals surface area contributed by atoms with E-state index in [1.165, 1.54) is 17.3 Å². The summed E-state index contributed by atoms with van der Waals surface area (Å²) in [4.78, 5) is 28.8. The molecule has 8 heteroatoms. The fourth-order valence-corrected chi connectivity index (χ4v) is 5.56. The third-order valence-electron chi connectivity index (χ3n) is 7.21. The Labute approximate surface area is 184 Å². The number of amides is 1. The van der Waals surface area contributed by atoms with Crippen LogP contribution >= 0.6 is 15.9 Å². The smallest absolute Gasteiger partial charge is 0.283 e. The molecule has 2 heterocycles. The highest BCUT2D eigenvalue weighted by atomic mass is 79.9. The van der Waals surface area contributed by atoms with Crippen molar-refractivity contribution < 1.29 is 4.79 Å². The molecule has 160 valence electrons. The molecular formula is C22H28BrN5O2. The van der Waals surface area contributed by atoms with Crippen LogP contribution in [-0.2, 0) is 6.54 Å². The van der Waals surface area contributed by atoms with Gasteiger partial charge in [0.05, 0.1) is 24.0 Å². The Morgan fingerprint density at radius 2 is 2.13 bits per heavy atom. The highest BCUT2D eigenvalue weighted by Gasteiger charge is 2.56. The van der Waals surface area contributed by atoms with Crippen molar-refractivity contribution in [1.82, 2.24) is 20.1 Å². The topological polar surface area (TPSA) is 88.9 Å². The standard InChI is InChI=1S/C22H28BrN5O2/c1-13-16-9-15(22(16,2)3)10-17(13)27-18-12-26-28(21(30)19(18)23)8-7-25-20(29)14-5-4-6-24-11-14/h4-6,11-13,15-17,27H,7-10H2,1-3H3,(H,25,29)/t13-,15-,16+,17-/m1/s1. The molecule has 1 amide bonds. The fraction of sp³-hybridized carbons (Fsp3) is 0.545. The summed E-state index contributed by atoms with van der Waals surface area (Å²) in [5, 5.41) is 10.7. The van der Waals surface area contributed by atoms with E-state index in [2.05, 4.69) is 57.4 Å². The lowest BCUT2D eigenvalue weighted by atomic mass is 9.45. The van der Waals surface area contributed by atoms with Crippen molar-refractivity contribution in [3.8, 4) is 0 Å². The number of carbonyl (C=O) groups is 1. The maximum Gasteiger partial charge on any atom is 0.283 e. The minimum Gasteiger partial charge on any atom is -0.380 e. The Morgan fingerprint density at radius 3 is 2.80 bits per heavy atom. The van der Waals surface area contributed by atoms with Crippen LogP contribution in [0, 0.1) is 23.2 Å². The highest BCUT2D eigenvalue weighted by Crippen LogP contribution is 2.61. The van der Waals surface area contributed by atoms with Gasteiger partial charge in [0.15, 0.2) is 0 Å². The first-order valence-corrected chi connectivity index (χ1v) is 11.3. The minimum atomic E-state index is -0.221. The SMILES string of the molecule is C[C@H]1[C@H](Nc2cnn(CCNC(=O)c3cccnc3)c(=O)c2Br)C[C@H]2C[C@@H]1C2(C)C. The Morgan fingerprint density at radius 1 is 1.33 bits per heavy atom. The van der Waals surface area contributed by atoms with Crippen LogP contribution in [0.5, 0.6) is 0 Å². The van der Waals surface area contributed by atoms with Crippen molar-refractivity contribution in [2.24, 2.45) is 23.2 Å². The molecule has 2 N–H and O–H groups in total. The average Bonchev–Trinajstić information content (AvgIpc) is 2.74. The van der Waals surface area contributed by atoms with Crippen LogP contribution in [0.25, 0.3) is 0 Å². The lowest BCUT2D eigenvalue weighted by Crippen LogP contribution is -2.58. The van der Waals surface area contributed by atoms with Crippen molar-refractivity contribution in [2.75, 3.05) is 11.9 Å². The largest absolute Gasteiger partial charge is 0.380 e. The zero-order valence-corrected chi connectivity index (χ0v) is 19.1. The van der Waals surface area contributed by atoms with Crippen LogP contribution in [0.15, 0.2) is 40.0 Å². The first-order valence-electron chi connectivity index (χ1n) is 10.5. The van der Waals surface area contributed by atoms with Crippen molar-refractivity contribution in [3.63, 3.8) is 0 Å². The summed E-state index contributed by atoms with van der Waals surface area (Å²) in [5.41, 5.74) is 1.45. The van der Waals surface area contributed by atoms with Gasteiger partial charge in [-0.1, -0.05) is 20.8 Å². The van der Waals surface area contributed by atoms with Crippen molar-refractivity contribution >= 4 is 27.5 Å². The molecule has 2 aromatic heterocycles. The summed E-state index contributed by atoms with van der Waals surface area (Å²) in [6.07, 6.45) is 7.27. The van der Waals surface area contributed by atoms with Crippen molar-refractivity contribution in [3.05, 3.63) is 51.1 Å². The monoisotopic (exact) mass is 473 g/mol. The second-order valence-electron chi connectivity index (χ2n) is 9.10. The summed E-state index contributed by atoms with van der Waals surface area (Å²) in [6, 6.07) is 3.76. The predicted molar refractivity (Wildman–Crippen MR) is 119 cm³/mol. The molecule has 30 heavy (non-hydrogen) atoms. The van der Waals surface area contributed by atoms with Gasteiger partial charge >= 0.3 is 0 Å². The van der Waals surface area contributed by atoms with E-state index < -0.39 is 0 Å². The first-order chi connectivity index (χ1) is 14.3. The quantitative estimate of drug-likeness (QED) is 0.671. The number of hydrogen-bond donors (Lipinski definition) is 2. The van der Waals surface area contributed by atoms with Gasteiger partial charge in [-0.25, -0.2) is 4.68 Å². The Hall–Kier alpha value is -2.22. The Kier molecular flexibility index (Phi) is 5.70. The molecule has 2 aromatic rings. The zero-order chi connectivity index (χ0) is 21.5. The molecule has 0 spiro atoms. The molecule has 0 aliphatic heterocycles. The third-order valence-corrected chi connectivity index (χ3v) is 7.98. The predicted octanol–water partition coefficient (Wildman–Crippen LogP) is 3.31. The van der Waals surface area contributed by atoms with Crippen molar-refractivity contribution in [1.29, 1.82) is 0 Å². The molecular weight excluding hydrogens is 446 g/mol. The summed E-state index contributed by atoms with van der Waals surface area (Å²) >= 11 is 3.45.